The number of hydrogen-bond donors (Lipinski definition) is 1. The second-order valence-corrected chi connectivity index (χ2v) is 6.07. The Morgan fingerprint density at radius 2 is 1.84 bits per heavy atom. The van der Waals surface area contributed by atoms with Crippen molar-refractivity contribution in [3.63, 3.8) is 0 Å². The summed E-state index contributed by atoms with van der Waals surface area (Å²) in [6, 6.07) is 6.07. The molecule has 1 saturated carbocycles. The van der Waals surface area contributed by atoms with E-state index in [2.05, 4.69) is 27.3 Å². The molecule has 0 atom stereocenters. The molecule has 0 aliphatic heterocycles. The fourth-order valence-electron chi connectivity index (χ4n) is 2.64. The van der Waals surface area contributed by atoms with E-state index >= 15 is 0 Å². The predicted octanol–water partition coefficient (Wildman–Crippen LogP) is 4.09. The van der Waals surface area contributed by atoms with Gasteiger partial charge >= 0.3 is 0 Å². The van der Waals surface area contributed by atoms with Crippen LogP contribution in [-0.4, -0.2) is 5.91 Å². The molecule has 1 amide bonds. The van der Waals surface area contributed by atoms with Gasteiger partial charge in [0, 0.05) is 10.2 Å². The first-order valence-corrected chi connectivity index (χ1v) is 7.27. The molecule has 3 nitrogen and oxygen atoms in total. The Morgan fingerprint density at radius 3 is 2.32 bits per heavy atom. The van der Waals surface area contributed by atoms with Crippen LogP contribution in [0.25, 0.3) is 0 Å². The number of aryl methyl sites for hydroxylation is 2. The third-order valence-corrected chi connectivity index (χ3v) is 5.05. The van der Waals surface area contributed by atoms with Gasteiger partial charge in [-0.15, -0.1) is 0 Å². The molecule has 1 N–H and O–H groups in total. The van der Waals surface area contributed by atoms with E-state index in [4.69, 9.17) is 0 Å². The molecule has 0 bridgehead atoms. The van der Waals surface area contributed by atoms with E-state index in [1.807, 2.05) is 26.0 Å². The van der Waals surface area contributed by atoms with Gasteiger partial charge in [0.1, 0.15) is 5.41 Å². The molecular weight excluding hydrogens is 304 g/mol. The lowest BCUT2D eigenvalue weighted by molar-refractivity contribution is -0.122. The van der Waals surface area contributed by atoms with E-state index < -0.39 is 5.41 Å². The van der Waals surface area contributed by atoms with Crippen LogP contribution in [0.4, 0.5) is 5.69 Å². The summed E-state index contributed by atoms with van der Waals surface area (Å²) in [5, 5.41) is 12.2. The van der Waals surface area contributed by atoms with Gasteiger partial charge in [0.25, 0.3) is 0 Å². The van der Waals surface area contributed by atoms with Crippen molar-refractivity contribution in [2.75, 3.05) is 5.32 Å². The zero-order valence-corrected chi connectivity index (χ0v) is 12.8. The fraction of sp³-hybridized carbons (Fsp3) is 0.467. The highest BCUT2D eigenvalue weighted by Crippen LogP contribution is 2.38. The van der Waals surface area contributed by atoms with Crippen molar-refractivity contribution in [1.29, 1.82) is 5.26 Å². The van der Waals surface area contributed by atoms with Gasteiger partial charge in [-0.25, -0.2) is 0 Å². The number of hydrogen-bond acceptors (Lipinski definition) is 2. The molecule has 4 heteroatoms. The van der Waals surface area contributed by atoms with E-state index in [9.17, 15) is 10.1 Å². The number of nitriles is 1. The third-order valence-electron chi connectivity index (χ3n) is 3.80. The summed E-state index contributed by atoms with van der Waals surface area (Å²) in [6.07, 6.45) is 3.26. The molecule has 0 radical (unpaired) electrons. The van der Waals surface area contributed by atoms with E-state index in [0.29, 0.717) is 12.8 Å². The fourth-order valence-corrected chi connectivity index (χ4v) is 2.87. The van der Waals surface area contributed by atoms with Crippen LogP contribution in [0.15, 0.2) is 16.6 Å². The van der Waals surface area contributed by atoms with Crippen molar-refractivity contribution in [2.45, 2.75) is 39.5 Å². The summed E-state index contributed by atoms with van der Waals surface area (Å²) in [7, 11) is 0. The van der Waals surface area contributed by atoms with Gasteiger partial charge in [-0.2, -0.15) is 5.26 Å². The van der Waals surface area contributed by atoms with E-state index in [-0.39, 0.29) is 5.91 Å². The first-order chi connectivity index (χ1) is 8.98. The van der Waals surface area contributed by atoms with Crippen molar-refractivity contribution in [3.05, 3.63) is 27.7 Å². The first kappa shape index (κ1) is 14.1. The van der Waals surface area contributed by atoms with Crippen molar-refractivity contribution in [2.24, 2.45) is 5.41 Å². The van der Waals surface area contributed by atoms with Gasteiger partial charge in [0.2, 0.25) is 5.91 Å². The number of anilines is 1. The van der Waals surface area contributed by atoms with Crippen molar-refractivity contribution in [1.82, 2.24) is 0 Å². The summed E-state index contributed by atoms with van der Waals surface area (Å²) < 4.78 is 1.06. The molecule has 1 aromatic carbocycles. The van der Waals surface area contributed by atoms with Crippen LogP contribution in [-0.2, 0) is 4.79 Å². The molecule has 0 saturated heterocycles. The lowest BCUT2D eigenvalue weighted by atomic mass is 9.87. The average Bonchev–Trinajstić information content (AvgIpc) is 2.85. The SMILES string of the molecule is Cc1cc(NC(=O)C2(C#N)CCCC2)cc(C)c1Br. The van der Waals surface area contributed by atoms with Gasteiger partial charge in [0.15, 0.2) is 0 Å². The minimum absolute atomic E-state index is 0.159. The topological polar surface area (TPSA) is 52.9 Å². The number of halogens is 1. The maximum absolute atomic E-state index is 12.3. The zero-order valence-electron chi connectivity index (χ0n) is 11.2. The number of rotatable bonds is 2. The minimum atomic E-state index is -0.825. The lowest BCUT2D eigenvalue weighted by Gasteiger charge is -2.20. The van der Waals surface area contributed by atoms with Crippen LogP contribution < -0.4 is 5.32 Å². The van der Waals surface area contributed by atoms with Gasteiger partial charge in [-0.1, -0.05) is 28.8 Å². The van der Waals surface area contributed by atoms with Crippen molar-refractivity contribution < 1.29 is 4.79 Å². The standard InChI is InChI=1S/C15H17BrN2O/c1-10-7-12(8-11(2)13(10)16)18-14(19)15(9-17)5-3-4-6-15/h7-8H,3-6H2,1-2H3,(H,18,19). The van der Waals surface area contributed by atoms with Crippen molar-refractivity contribution >= 4 is 27.5 Å². The van der Waals surface area contributed by atoms with Gasteiger partial charge in [0.05, 0.1) is 6.07 Å². The van der Waals surface area contributed by atoms with Crippen LogP contribution >= 0.6 is 15.9 Å². The Balaban J connectivity index is 2.22. The second-order valence-electron chi connectivity index (χ2n) is 5.28. The molecule has 1 aliphatic carbocycles. The highest BCUT2D eigenvalue weighted by atomic mass is 79.9. The average molecular weight is 321 g/mol. The summed E-state index contributed by atoms with van der Waals surface area (Å²) in [6.45, 7) is 3.98. The molecule has 0 spiro atoms. The van der Waals surface area contributed by atoms with E-state index in [0.717, 1.165) is 34.1 Å². The Hall–Kier alpha value is -1.34. The Kier molecular flexibility index (Phi) is 3.96. The number of benzene rings is 1. The smallest absolute Gasteiger partial charge is 0.244 e. The lowest BCUT2D eigenvalue weighted by Crippen LogP contribution is -2.32. The molecule has 1 aromatic rings. The number of nitrogens with one attached hydrogen (secondary N) is 1. The highest BCUT2D eigenvalue weighted by molar-refractivity contribution is 9.10. The normalized spacial score (nSPS) is 16.9. The van der Waals surface area contributed by atoms with Crippen LogP contribution in [0, 0.1) is 30.6 Å². The Morgan fingerprint density at radius 1 is 1.32 bits per heavy atom. The minimum Gasteiger partial charge on any atom is -0.325 e. The monoisotopic (exact) mass is 320 g/mol. The van der Waals surface area contributed by atoms with Crippen molar-refractivity contribution in [3.8, 4) is 6.07 Å². The largest absolute Gasteiger partial charge is 0.325 e. The maximum Gasteiger partial charge on any atom is 0.244 e. The number of nitrogens with zero attached hydrogens (tertiary/aromatic N) is 1. The van der Waals surface area contributed by atoms with E-state index in [1.54, 1.807) is 0 Å². The molecule has 1 fully saturated rings. The first-order valence-electron chi connectivity index (χ1n) is 6.48. The van der Waals surface area contributed by atoms with Gasteiger partial charge in [-0.05, 0) is 49.9 Å². The zero-order chi connectivity index (χ0) is 14.0. The van der Waals surface area contributed by atoms with Crippen LogP contribution in [0.1, 0.15) is 36.8 Å². The molecule has 0 unspecified atom stereocenters. The van der Waals surface area contributed by atoms with E-state index in [1.165, 1.54) is 0 Å². The Labute approximate surface area is 122 Å². The molecule has 2 rings (SSSR count). The predicted molar refractivity (Wildman–Crippen MR) is 78.8 cm³/mol. The van der Waals surface area contributed by atoms with Gasteiger partial charge < -0.3 is 5.32 Å². The maximum atomic E-state index is 12.3. The molecule has 1 aliphatic rings. The number of amides is 1. The number of carbonyl (C=O) groups is 1. The highest BCUT2D eigenvalue weighted by Gasteiger charge is 2.41. The second kappa shape index (κ2) is 5.34. The van der Waals surface area contributed by atoms with Crippen LogP contribution in [0.5, 0.6) is 0 Å². The molecule has 0 aromatic heterocycles. The summed E-state index contributed by atoms with van der Waals surface area (Å²) in [5.41, 5.74) is 2.10. The summed E-state index contributed by atoms with van der Waals surface area (Å²) in [5.74, 6) is -0.159. The summed E-state index contributed by atoms with van der Waals surface area (Å²) in [4.78, 5) is 12.3. The Bertz CT molecular complexity index is 531. The molecule has 19 heavy (non-hydrogen) atoms. The molecular formula is C15H17BrN2O. The van der Waals surface area contributed by atoms with Gasteiger partial charge in [-0.3, -0.25) is 4.79 Å². The summed E-state index contributed by atoms with van der Waals surface area (Å²) >= 11 is 3.50. The molecule has 0 heterocycles. The third kappa shape index (κ3) is 2.66. The molecule has 100 valence electrons. The van der Waals surface area contributed by atoms with Crippen LogP contribution in [0.3, 0.4) is 0 Å². The quantitative estimate of drug-likeness (QED) is 0.892. The number of carbonyl (C=O) groups excluding carboxylic acids is 1. The van der Waals surface area contributed by atoms with Crippen LogP contribution in [0.2, 0.25) is 0 Å².